The van der Waals surface area contributed by atoms with Gasteiger partial charge in [-0.2, -0.15) is 0 Å². The number of amides is 1. The molecule has 2 aromatic rings. The molecule has 7 heteroatoms. The predicted octanol–water partition coefficient (Wildman–Crippen LogP) is 2.11. The van der Waals surface area contributed by atoms with E-state index < -0.39 is 0 Å². The topological polar surface area (TPSA) is 79.4 Å². The third kappa shape index (κ3) is 4.24. The summed E-state index contributed by atoms with van der Waals surface area (Å²) in [5.74, 6) is 0.177. The normalized spacial score (nSPS) is 17.2. The molecular formula is C18H23N5O2. The number of rotatable bonds is 4. The highest BCUT2D eigenvalue weighted by atomic mass is 16.5. The summed E-state index contributed by atoms with van der Waals surface area (Å²) < 4.78 is 5.58. The fraction of sp³-hybridized carbons (Fsp3) is 0.389. The molecule has 1 unspecified atom stereocenters. The van der Waals surface area contributed by atoms with E-state index >= 15 is 0 Å². The van der Waals surface area contributed by atoms with Gasteiger partial charge in [-0.25, -0.2) is 9.97 Å². The van der Waals surface area contributed by atoms with Crippen LogP contribution in [0.2, 0.25) is 0 Å². The van der Waals surface area contributed by atoms with Gasteiger partial charge in [0.05, 0.1) is 12.7 Å². The van der Waals surface area contributed by atoms with E-state index in [9.17, 15) is 4.79 Å². The fourth-order valence-electron chi connectivity index (χ4n) is 2.81. The number of carbonyl (C=O) groups excluding carboxylic acids is 1. The van der Waals surface area contributed by atoms with Gasteiger partial charge in [0, 0.05) is 37.2 Å². The summed E-state index contributed by atoms with van der Waals surface area (Å²) in [5.41, 5.74) is 3.11. The Labute approximate surface area is 147 Å². The van der Waals surface area contributed by atoms with Crippen LogP contribution >= 0.6 is 0 Å². The summed E-state index contributed by atoms with van der Waals surface area (Å²) >= 11 is 0. The summed E-state index contributed by atoms with van der Waals surface area (Å²) in [7, 11) is 1.58. The number of nitrogens with zero attached hydrogens (tertiary/aromatic N) is 3. The summed E-state index contributed by atoms with van der Waals surface area (Å²) in [6, 6.07) is 9.76. The molecule has 0 aliphatic carbocycles. The third-order valence-electron chi connectivity index (χ3n) is 4.04. The van der Waals surface area contributed by atoms with Crippen LogP contribution in [0.5, 0.6) is 0 Å². The molecule has 1 aliphatic rings. The van der Waals surface area contributed by atoms with Crippen molar-refractivity contribution in [2.75, 3.05) is 37.0 Å². The van der Waals surface area contributed by atoms with Gasteiger partial charge < -0.3 is 20.3 Å². The molecule has 1 aromatic carbocycles. The number of hydrogen-bond donors (Lipinski definition) is 2. The molecule has 1 amide bonds. The average molecular weight is 341 g/mol. The van der Waals surface area contributed by atoms with Crippen molar-refractivity contribution in [3.63, 3.8) is 0 Å². The zero-order valence-corrected chi connectivity index (χ0v) is 14.7. The van der Waals surface area contributed by atoms with Crippen molar-refractivity contribution in [3.05, 3.63) is 41.7 Å². The van der Waals surface area contributed by atoms with Gasteiger partial charge in [0.15, 0.2) is 0 Å². The van der Waals surface area contributed by atoms with Crippen LogP contribution in [-0.2, 0) is 4.74 Å². The molecule has 1 aliphatic heterocycles. The molecule has 25 heavy (non-hydrogen) atoms. The largest absolute Gasteiger partial charge is 0.375 e. The molecule has 132 valence electrons. The highest BCUT2D eigenvalue weighted by molar-refractivity contribution is 5.92. The molecule has 1 fully saturated rings. The van der Waals surface area contributed by atoms with Crippen LogP contribution in [0.3, 0.4) is 0 Å². The van der Waals surface area contributed by atoms with E-state index in [4.69, 9.17) is 4.74 Å². The second kappa shape index (κ2) is 7.48. The maximum atomic E-state index is 11.8. The Morgan fingerprint density at radius 1 is 1.28 bits per heavy atom. The fourth-order valence-corrected chi connectivity index (χ4v) is 2.81. The van der Waals surface area contributed by atoms with Gasteiger partial charge in [-0.3, -0.25) is 4.79 Å². The van der Waals surface area contributed by atoms with Gasteiger partial charge in [-0.1, -0.05) is 0 Å². The number of nitrogens with one attached hydrogen (secondary N) is 2. The molecule has 0 radical (unpaired) electrons. The van der Waals surface area contributed by atoms with E-state index in [2.05, 4.69) is 44.6 Å². The van der Waals surface area contributed by atoms with Gasteiger partial charge in [-0.15, -0.1) is 0 Å². The van der Waals surface area contributed by atoms with Crippen LogP contribution < -0.4 is 15.5 Å². The van der Waals surface area contributed by atoms with Gasteiger partial charge >= 0.3 is 0 Å². The van der Waals surface area contributed by atoms with E-state index in [0.717, 1.165) is 36.8 Å². The smallest absolute Gasteiger partial charge is 0.269 e. The molecular weight excluding hydrogens is 318 g/mol. The highest BCUT2D eigenvalue weighted by Crippen LogP contribution is 2.22. The first-order valence-corrected chi connectivity index (χ1v) is 8.36. The number of aryl methyl sites for hydroxylation is 1. The number of carbonyl (C=O) groups is 1. The van der Waals surface area contributed by atoms with E-state index in [1.807, 2.05) is 19.1 Å². The number of morpholine rings is 1. The first kappa shape index (κ1) is 17.2. The van der Waals surface area contributed by atoms with Crippen LogP contribution in [-0.4, -0.2) is 48.7 Å². The number of benzene rings is 1. The predicted molar refractivity (Wildman–Crippen MR) is 97.5 cm³/mol. The Hall–Kier alpha value is -2.67. The van der Waals surface area contributed by atoms with Crippen LogP contribution in [0.4, 0.5) is 17.3 Å². The van der Waals surface area contributed by atoms with E-state index in [-0.39, 0.29) is 12.0 Å². The van der Waals surface area contributed by atoms with Gasteiger partial charge in [0.2, 0.25) is 5.95 Å². The quantitative estimate of drug-likeness (QED) is 0.887. The molecule has 7 nitrogen and oxygen atoms in total. The number of hydrogen-bond acceptors (Lipinski definition) is 6. The molecule has 0 spiro atoms. The zero-order chi connectivity index (χ0) is 17.8. The van der Waals surface area contributed by atoms with Crippen LogP contribution in [0.1, 0.15) is 23.1 Å². The molecule has 0 bridgehead atoms. The van der Waals surface area contributed by atoms with E-state index in [1.54, 1.807) is 13.1 Å². The minimum atomic E-state index is -0.231. The van der Waals surface area contributed by atoms with Crippen LogP contribution in [0.25, 0.3) is 0 Å². The molecule has 1 aromatic heterocycles. The number of aromatic nitrogens is 2. The molecule has 3 rings (SSSR count). The lowest BCUT2D eigenvalue weighted by Gasteiger charge is -2.33. The standard InChI is InChI=1S/C18H23N5O2/c1-12-10-16(17(24)19-3)22-18(20-12)21-14-4-6-15(7-5-14)23-8-9-25-13(2)11-23/h4-7,10,13H,8-9,11H2,1-3H3,(H,19,24)(H,20,21,22). The SMILES string of the molecule is CNC(=O)c1cc(C)nc(Nc2ccc(N3CCOC(C)C3)cc2)n1. The van der Waals surface area contributed by atoms with Gasteiger partial charge in [0.1, 0.15) is 5.69 Å². The van der Waals surface area contributed by atoms with Gasteiger partial charge in [0.25, 0.3) is 5.91 Å². The first-order chi connectivity index (χ1) is 12.0. The molecule has 1 saturated heterocycles. The van der Waals surface area contributed by atoms with Crippen molar-refractivity contribution in [2.45, 2.75) is 20.0 Å². The minimum absolute atomic E-state index is 0.231. The van der Waals surface area contributed by atoms with Crippen LogP contribution in [0, 0.1) is 6.92 Å². The zero-order valence-electron chi connectivity index (χ0n) is 14.7. The lowest BCUT2D eigenvalue weighted by molar-refractivity contribution is 0.0532. The summed E-state index contributed by atoms with van der Waals surface area (Å²) in [5, 5.41) is 5.73. The summed E-state index contributed by atoms with van der Waals surface area (Å²) in [6.45, 7) is 6.46. The number of ether oxygens (including phenoxy) is 1. The van der Waals surface area contributed by atoms with Crippen molar-refractivity contribution in [1.29, 1.82) is 0 Å². The maximum absolute atomic E-state index is 11.8. The van der Waals surface area contributed by atoms with Crippen molar-refractivity contribution in [1.82, 2.24) is 15.3 Å². The Morgan fingerprint density at radius 2 is 2.04 bits per heavy atom. The summed E-state index contributed by atoms with van der Waals surface area (Å²) in [4.78, 5) is 22.7. The Bertz CT molecular complexity index is 748. The van der Waals surface area contributed by atoms with Crippen molar-refractivity contribution in [3.8, 4) is 0 Å². The molecule has 2 heterocycles. The number of anilines is 3. The highest BCUT2D eigenvalue weighted by Gasteiger charge is 2.17. The van der Waals surface area contributed by atoms with Gasteiger partial charge in [-0.05, 0) is 44.2 Å². The summed E-state index contributed by atoms with van der Waals surface area (Å²) in [6.07, 6.45) is 0.246. The third-order valence-corrected chi connectivity index (χ3v) is 4.04. The Balaban J connectivity index is 1.73. The minimum Gasteiger partial charge on any atom is -0.375 e. The second-order valence-corrected chi connectivity index (χ2v) is 6.10. The average Bonchev–Trinajstić information content (AvgIpc) is 2.61. The van der Waals surface area contributed by atoms with Crippen molar-refractivity contribution >= 4 is 23.2 Å². The van der Waals surface area contributed by atoms with Crippen LogP contribution in [0.15, 0.2) is 30.3 Å². The molecule has 1 atom stereocenters. The molecule has 2 N–H and O–H groups in total. The Kier molecular flexibility index (Phi) is 5.14. The lowest BCUT2D eigenvalue weighted by Crippen LogP contribution is -2.41. The second-order valence-electron chi connectivity index (χ2n) is 6.10. The monoisotopic (exact) mass is 341 g/mol. The van der Waals surface area contributed by atoms with E-state index in [0.29, 0.717) is 11.6 Å². The van der Waals surface area contributed by atoms with Crippen molar-refractivity contribution < 1.29 is 9.53 Å². The van der Waals surface area contributed by atoms with Crippen molar-refractivity contribution in [2.24, 2.45) is 0 Å². The first-order valence-electron chi connectivity index (χ1n) is 8.36. The molecule has 0 saturated carbocycles. The van der Waals surface area contributed by atoms with E-state index in [1.165, 1.54) is 0 Å². The maximum Gasteiger partial charge on any atom is 0.269 e. The Morgan fingerprint density at radius 3 is 2.72 bits per heavy atom. The lowest BCUT2D eigenvalue weighted by atomic mass is 10.2.